The molecule has 1 aromatic carbocycles. The van der Waals surface area contributed by atoms with Crippen molar-refractivity contribution in [2.24, 2.45) is 0 Å². The van der Waals surface area contributed by atoms with Crippen molar-refractivity contribution in [3.8, 4) is 5.75 Å². The molecule has 0 amide bonds. The number of unbranched alkanes of at least 4 members (excludes halogenated alkanes) is 1. The van der Waals surface area contributed by atoms with Gasteiger partial charge in [-0.15, -0.1) is 11.3 Å². The van der Waals surface area contributed by atoms with Crippen LogP contribution in [-0.2, 0) is 6.54 Å². The molecule has 0 radical (unpaired) electrons. The number of anilines is 1. The van der Waals surface area contributed by atoms with Gasteiger partial charge in [0, 0.05) is 17.1 Å². The van der Waals surface area contributed by atoms with Crippen molar-refractivity contribution in [2.45, 2.75) is 32.7 Å². The summed E-state index contributed by atoms with van der Waals surface area (Å²) >= 11 is 13.7. The second-order valence-corrected chi connectivity index (χ2v) is 8.62. The highest BCUT2D eigenvalue weighted by molar-refractivity contribution is 7.80. The van der Waals surface area contributed by atoms with E-state index >= 15 is 0 Å². The van der Waals surface area contributed by atoms with Crippen LogP contribution >= 0.6 is 35.2 Å². The molecule has 1 N–H and O–H groups in total. The van der Waals surface area contributed by atoms with Gasteiger partial charge in [0.05, 0.1) is 18.7 Å². The fourth-order valence-corrected chi connectivity index (χ4v) is 4.11. The van der Waals surface area contributed by atoms with Crippen LogP contribution in [0.4, 0.5) is 5.69 Å². The molecule has 0 fully saturated rings. The van der Waals surface area contributed by atoms with Crippen molar-refractivity contribution in [2.75, 3.05) is 39.1 Å². The van der Waals surface area contributed by atoms with Crippen molar-refractivity contribution in [1.82, 2.24) is 9.80 Å². The number of rotatable bonds is 11. The predicted octanol–water partition coefficient (Wildman–Crippen LogP) is 5.73. The van der Waals surface area contributed by atoms with Crippen LogP contribution in [0.5, 0.6) is 5.75 Å². The number of halogens is 1. The molecular weight excluding hydrogens is 410 g/mol. The highest BCUT2D eigenvalue weighted by Gasteiger charge is 2.13. The maximum Gasteiger partial charge on any atom is 0.173 e. The third-order valence-electron chi connectivity index (χ3n) is 4.48. The lowest BCUT2D eigenvalue weighted by Crippen LogP contribution is -2.36. The molecule has 0 aliphatic heterocycles. The van der Waals surface area contributed by atoms with Gasteiger partial charge in [0.15, 0.2) is 5.11 Å². The summed E-state index contributed by atoms with van der Waals surface area (Å²) in [5.74, 6) is 0.656. The summed E-state index contributed by atoms with van der Waals surface area (Å²) in [5, 5.41) is 6.71. The van der Waals surface area contributed by atoms with Crippen molar-refractivity contribution < 1.29 is 4.74 Å². The maximum atomic E-state index is 6.24. The Kier molecular flexibility index (Phi) is 10.1. The molecule has 7 heteroatoms. The van der Waals surface area contributed by atoms with E-state index in [0.29, 0.717) is 15.9 Å². The molecule has 0 atom stereocenters. The summed E-state index contributed by atoms with van der Waals surface area (Å²) in [7, 11) is 3.80. The van der Waals surface area contributed by atoms with Crippen molar-refractivity contribution in [1.29, 1.82) is 0 Å². The Balaban J connectivity index is 1.97. The van der Waals surface area contributed by atoms with Crippen LogP contribution in [0.1, 0.15) is 31.1 Å². The highest BCUT2D eigenvalue weighted by Crippen LogP contribution is 2.27. The van der Waals surface area contributed by atoms with Gasteiger partial charge < -0.3 is 19.9 Å². The van der Waals surface area contributed by atoms with E-state index < -0.39 is 0 Å². The van der Waals surface area contributed by atoms with E-state index in [9.17, 15) is 0 Å². The van der Waals surface area contributed by atoms with E-state index in [0.717, 1.165) is 38.3 Å². The van der Waals surface area contributed by atoms with E-state index in [1.54, 1.807) is 18.4 Å². The van der Waals surface area contributed by atoms with Crippen LogP contribution in [-0.4, -0.2) is 48.7 Å². The van der Waals surface area contributed by atoms with Crippen LogP contribution in [0.3, 0.4) is 0 Å². The van der Waals surface area contributed by atoms with E-state index in [-0.39, 0.29) is 0 Å². The summed E-state index contributed by atoms with van der Waals surface area (Å²) < 4.78 is 5.22. The van der Waals surface area contributed by atoms with E-state index in [4.69, 9.17) is 28.6 Å². The number of nitrogens with zero attached hydrogens (tertiary/aromatic N) is 2. The minimum absolute atomic E-state index is 0.567. The summed E-state index contributed by atoms with van der Waals surface area (Å²) in [6.07, 6.45) is 3.54. The molecular formula is C21H30ClN3OS2. The second-order valence-electron chi connectivity index (χ2n) is 6.79. The smallest absolute Gasteiger partial charge is 0.173 e. The topological polar surface area (TPSA) is 27.7 Å². The quantitative estimate of drug-likeness (QED) is 0.451. The average Bonchev–Trinajstić information content (AvgIpc) is 3.19. The molecule has 0 saturated carbocycles. The molecule has 154 valence electrons. The van der Waals surface area contributed by atoms with Crippen LogP contribution in [0.2, 0.25) is 5.02 Å². The molecule has 28 heavy (non-hydrogen) atoms. The Morgan fingerprint density at radius 2 is 2.00 bits per heavy atom. The minimum atomic E-state index is 0.567. The fraction of sp³-hybridized carbons (Fsp3) is 0.476. The minimum Gasteiger partial charge on any atom is -0.495 e. The molecule has 2 aromatic rings. The van der Waals surface area contributed by atoms with Crippen LogP contribution in [0.15, 0.2) is 35.7 Å². The van der Waals surface area contributed by atoms with Gasteiger partial charge in [-0.25, -0.2) is 0 Å². The zero-order chi connectivity index (χ0) is 20.4. The van der Waals surface area contributed by atoms with Gasteiger partial charge >= 0.3 is 0 Å². The number of thiophene rings is 1. The molecule has 0 aliphatic carbocycles. The van der Waals surface area contributed by atoms with Gasteiger partial charge in [-0.05, 0) is 74.8 Å². The predicted molar refractivity (Wildman–Crippen MR) is 126 cm³/mol. The number of thiocarbonyl (C=S) groups is 1. The lowest BCUT2D eigenvalue weighted by molar-refractivity contribution is 0.300. The Bertz CT molecular complexity index is 724. The number of benzene rings is 1. The standard InChI is InChI=1S/C21H30ClN3OS2/c1-4-5-11-24(2)12-7-13-25(16-18-8-6-14-28-18)21(27)23-17-9-10-20(26-3)19(22)15-17/h6,8-10,14-15H,4-5,7,11-13,16H2,1-3H3,(H,23,27). The molecule has 1 heterocycles. The first-order chi connectivity index (χ1) is 13.5. The zero-order valence-electron chi connectivity index (χ0n) is 16.9. The van der Waals surface area contributed by atoms with Crippen molar-refractivity contribution in [3.05, 3.63) is 45.6 Å². The Labute approximate surface area is 183 Å². The van der Waals surface area contributed by atoms with Gasteiger partial charge in [-0.3, -0.25) is 0 Å². The van der Waals surface area contributed by atoms with Gasteiger partial charge in [-0.2, -0.15) is 0 Å². The lowest BCUT2D eigenvalue weighted by Gasteiger charge is -2.27. The van der Waals surface area contributed by atoms with Gasteiger partial charge in [0.25, 0.3) is 0 Å². The third kappa shape index (κ3) is 7.59. The van der Waals surface area contributed by atoms with Gasteiger partial charge in [-0.1, -0.05) is 31.0 Å². The summed E-state index contributed by atoms with van der Waals surface area (Å²) in [5.41, 5.74) is 0.868. The van der Waals surface area contributed by atoms with Crippen LogP contribution < -0.4 is 10.1 Å². The first kappa shape index (κ1) is 22.9. The average molecular weight is 440 g/mol. The Morgan fingerprint density at radius 1 is 1.21 bits per heavy atom. The number of hydrogen-bond donors (Lipinski definition) is 1. The zero-order valence-corrected chi connectivity index (χ0v) is 19.3. The number of nitrogens with one attached hydrogen (secondary N) is 1. The van der Waals surface area contributed by atoms with Gasteiger partial charge in [0.2, 0.25) is 0 Å². The molecule has 4 nitrogen and oxygen atoms in total. The summed E-state index contributed by atoms with van der Waals surface area (Å²) in [4.78, 5) is 5.93. The molecule has 0 saturated heterocycles. The molecule has 0 aliphatic rings. The third-order valence-corrected chi connectivity index (χ3v) is 6.00. The molecule has 2 rings (SSSR count). The first-order valence-corrected chi connectivity index (χ1v) is 11.3. The van der Waals surface area contributed by atoms with Crippen LogP contribution in [0, 0.1) is 0 Å². The Hall–Kier alpha value is -1.34. The maximum absolute atomic E-state index is 6.24. The second kappa shape index (κ2) is 12.3. The normalized spacial score (nSPS) is 10.9. The molecule has 1 aromatic heterocycles. The number of methoxy groups -OCH3 is 1. The van der Waals surface area contributed by atoms with E-state index in [1.807, 2.05) is 18.2 Å². The number of ether oxygens (including phenoxy) is 1. The lowest BCUT2D eigenvalue weighted by atomic mass is 10.3. The largest absolute Gasteiger partial charge is 0.495 e. The first-order valence-electron chi connectivity index (χ1n) is 9.64. The van der Waals surface area contributed by atoms with E-state index in [2.05, 4.69) is 46.6 Å². The number of hydrogen-bond acceptors (Lipinski definition) is 4. The molecule has 0 bridgehead atoms. The van der Waals surface area contributed by atoms with Crippen LogP contribution in [0.25, 0.3) is 0 Å². The van der Waals surface area contributed by atoms with E-state index in [1.165, 1.54) is 17.7 Å². The van der Waals surface area contributed by atoms with Crippen molar-refractivity contribution in [3.63, 3.8) is 0 Å². The fourth-order valence-electron chi connectivity index (χ4n) is 2.86. The van der Waals surface area contributed by atoms with Crippen molar-refractivity contribution >= 4 is 46.0 Å². The summed E-state index contributed by atoms with van der Waals surface area (Å²) in [6.45, 7) is 6.16. The Morgan fingerprint density at radius 3 is 2.64 bits per heavy atom. The molecule has 0 spiro atoms. The monoisotopic (exact) mass is 439 g/mol. The van der Waals surface area contributed by atoms with Gasteiger partial charge in [0.1, 0.15) is 5.75 Å². The SMILES string of the molecule is CCCCN(C)CCCN(Cc1cccs1)C(=S)Nc1ccc(OC)c(Cl)c1. The molecule has 0 unspecified atom stereocenters. The summed E-state index contributed by atoms with van der Waals surface area (Å²) in [6, 6.07) is 9.85. The highest BCUT2D eigenvalue weighted by atomic mass is 35.5.